The largest absolute Gasteiger partial charge is 0.480 e. The lowest BCUT2D eigenvalue weighted by Gasteiger charge is -2.37. The quantitative estimate of drug-likeness (QED) is 0.663. The van der Waals surface area contributed by atoms with Crippen LogP contribution in [0.1, 0.15) is 19.8 Å². The Morgan fingerprint density at radius 2 is 1.88 bits per heavy atom. The summed E-state index contributed by atoms with van der Waals surface area (Å²) >= 11 is 0. The van der Waals surface area contributed by atoms with Gasteiger partial charge in [0.1, 0.15) is 12.3 Å². The van der Waals surface area contributed by atoms with Gasteiger partial charge in [-0.3, -0.25) is 14.5 Å². The monoisotopic (exact) mass is 242 g/mol. The molecule has 0 aromatic rings. The summed E-state index contributed by atoms with van der Waals surface area (Å²) in [6.07, 6.45) is 1.32. The summed E-state index contributed by atoms with van der Waals surface area (Å²) in [5.41, 5.74) is 0. The third kappa shape index (κ3) is 3.81. The van der Waals surface area contributed by atoms with Gasteiger partial charge in [-0.05, 0) is 6.42 Å². The van der Waals surface area contributed by atoms with Crippen LogP contribution in [0, 0.1) is 0 Å². The van der Waals surface area contributed by atoms with Crippen molar-refractivity contribution in [1.29, 1.82) is 0 Å². The van der Waals surface area contributed by atoms with Crippen molar-refractivity contribution in [2.45, 2.75) is 25.8 Å². The number of carboxylic acid groups (broad SMARTS) is 1. The average molecular weight is 242 g/mol. The fourth-order valence-electron chi connectivity index (χ4n) is 2.04. The van der Waals surface area contributed by atoms with Crippen molar-refractivity contribution in [3.05, 3.63) is 0 Å². The number of aldehydes is 1. The molecule has 1 saturated heterocycles. The fraction of sp³-hybridized carbons (Fsp3) is 0.727. The van der Waals surface area contributed by atoms with Crippen molar-refractivity contribution in [3.63, 3.8) is 0 Å². The van der Waals surface area contributed by atoms with Crippen molar-refractivity contribution in [2.24, 2.45) is 0 Å². The summed E-state index contributed by atoms with van der Waals surface area (Å²) in [7, 11) is 0. The van der Waals surface area contributed by atoms with Crippen LogP contribution in [0.25, 0.3) is 0 Å². The molecule has 1 rings (SSSR count). The molecule has 17 heavy (non-hydrogen) atoms. The van der Waals surface area contributed by atoms with E-state index in [-0.39, 0.29) is 12.3 Å². The van der Waals surface area contributed by atoms with Crippen LogP contribution >= 0.6 is 0 Å². The molecular weight excluding hydrogens is 224 g/mol. The molecule has 1 heterocycles. The number of carboxylic acids is 1. The maximum Gasteiger partial charge on any atom is 0.320 e. The molecule has 1 unspecified atom stereocenters. The highest BCUT2D eigenvalue weighted by molar-refractivity contribution is 5.74. The lowest BCUT2D eigenvalue weighted by molar-refractivity contribution is -0.145. The number of aliphatic carboxylic acids is 1. The van der Waals surface area contributed by atoms with Gasteiger partial charge in [0, 0.05) is 39.5 Å². The Kier molecular flexibility index (Phi) is 5.09. The van der Waals surface area contributed by atoms with Gasteiger partial charge < -0.3 is 14.8 Å². The predicted molar refractivity (Wildman–Crippen MR) is 60.5 cm³/mol. The van der Waals surface area contributed by atoms with Crippen LogP contribution in [0.5, 0.6) is 0 Å². The molecule has 1 aliphatic heterocycles. The molecule has 0 aromatic heterocycles. The molecule has 1 atom stereocenters. The van der Waals surface area contributed by atoms with E-state index in [0.29, 0.717) is 32.6 Å². The number of hydrogen-bond donors (Lipinski definition) is 1. The van der Waals surface area contributed by atoms with Gasteiger partial charge in [0.2, 0.25) is 5.91 Å². The molecule has 1 fully saturated rings. The van der Waals surface area contributed by atoms with Crippen LogP contribution in [0.3, 0.4) is 0 Å². The van der Waals surface area contributed by atoms with Crippen LogP contribution in [-0.2, 0) is 14.4 Å². The molecular formula is C11H18N2O4. The normalized spacial score (nSPS) is 18.8. The Morgan fingerprint density at radius 3 is 2.29 bits per heavy atom. The third-order valence-electron chi connectivity index (χ3n) is 3.04. The lowest BCUT2D eigenvalue weighted by atomic mass is 10.1. The minimum absolute atomic E-state index is 0.0180. The summed E-state index contributed by atoms with van der Waals surface area (Å²) in [6, 6.07) is -0.616. The zero-order valence-electron chi connectivity index (χ0n) is 9.96. The number of amides is 1. The van der Waals surface area contributed by atoms with E-state index < -0.39 is 12.0 Å². The van der Waals surface area contributed by atoms with E-state index in [4.69, 9.17) is 5.11 Å². The van der Waals surface area contributed by atoms with E-state index in [1.165, 1.54) is 6.92 Å². The molecule has 1 amide bonds. The topological polar surface area (TPSA) is 77.9 Å². The van der Waals surface area contributed by atoms with Crippen LogP contribution in [-0.4, -0.2) is 65.3 Å². The Balaban J connectivity index is 2.51. The minimum Gasteiger partial charge on any atom is -0.480 e. The van der Waals surface area contributed by atoms with Gasteiger partial charge in [-0.25, -0.2) is 0 Å². The van der Waals surface area contributed by atoms with Gasteiger partial charge in [-0.2, -0.15) is 0 Å². The Labute approximate surface area is 100 Å². The second kappa shape index (κ2) is 6.34. The van der Waals surface area contributed by atoms with Crippen LogP contribution in [0.15, 0.2) is 0 Å². The van der Waals surface area contributed by atoms with Crippen molar-refractivity contribution in [2.75, 3.05) is 26.2 Å². The van der Waals surface area contributed by atoms with E-state index in [9.17, 15) is 14.4 Å². The minimum atomic E-state index is -0.900. The number of hydrogen-bond acceptors (Lipinski definition) is 4. The van der Waals surface area contributed by atoms with Crippen LogP contribution < -0.4 is 0 Å². The Hall–Kier alpha value is -1.43. The van der Waals surface area contributed by atoms with Crippen LogP contribution in [0.2, 0.25) is 0 Å². The Morgan fingerprint density at radius 1 is 1.29 bits per heavy atom. The summed E-state index contributed by atoms with van der Waals surface area (Å²) in [6.45, 7) is 3.72. The standard InChI is InChI=1S/C11H18N2O4/c1-9(15)12-4-6-13(7-5-12)10(11(16)17)3-2-8-14/h8,10H,2-7H2,1H3,(H,16,17). The van der Waals surface area contributed by atoms with Gasteiger partial charge >= 0.3 is 5.97 Å². The lowest BCUT2D eigenvalue weighted by Crippen LogP contribution is -2.53. The molecule has 0 aromatic carbocycles. The molecule has 96 valence electrons. The third-order valence-corrected chi connectivity index (χ3v) is 3.04. The molecule has 6 heteroatoms. The second-order valence-electron chi connectivity index (χ2n) is 4.14. The molecule has 1 aliphatic rings. The van der Waals surface area contributed by atoms with E-state index in [2.05, 4.69) is 0 Å². The summed E-state index contributed by atoms with van der Waals surface area (Å²) in [5.74, 6) is -0.882. The van der Waals surface area contributed by atoms with E-state index in [1.807, 2.05) is 4.90 Å². The van der Waals surface area contributed by atoms with Crippen molar-refractivity contribution >= 4 is 18.2 Å². The highest BCUT2D eigenvalue weighted by Crippen LogP contribution is 2.11. The maximum absolute atomic E-state index is 11.1. The molecule has 0 saturated carbocycles. The Bertz CT molecular complexity index is 298. The van der Waals surface area contributed by atoms with Gasteiger partial charge in [0.05, 0.1) is 0 Å². The molecule has 0 radical (unpaired) electrons. The summed E-state index contributed by atoms with van der Waals surface area (Å²) < 4.78 is 0. The number of carbonyl (C=O) groups is 3. The fourth-order valence-corrected chi connectivity index (χ4v) is 2.04. The number of piperazine rings is 1. The maximum atomic E-state index is 11.1. The molecule has 6 nitrogen and oxygen atoms in total. The first-order valence-corrected chi connectivity index (χ1v) is 5.72. The highest BCUT2D eigenvalue weighted by Gasteiger charge is 2.28. The van der Waals surface area contributed by atoms with E-state index in [0.717, 1.165) is 6.29 Å². The van der Waals surface area contributed by atoms with E-state index >= 15 is 0 Å². The number of carbonyl (C=O) groups excluding carboxylic acids is 2. The summed E-state index contributed by atoms with van der Waals surface area (Å²) in [4.78, 5) is 36.0. The molecule has 0 aliphatic carbocycles. The predicted octanol–water partition coefficient (Wildman–Crippen LogP) is -0.417. The first-order chi connectivity index (χ1) is 8.06. The van der Waals surface area contributed by atoms with Gasteiger partial charge in [-0.1, -0.05) is 0 Å². The zero-order chi connectivity index (χ0) is 12.8. The number of rotatable bonds is 5. The second-order valence-corrected chi connectivity index (χ2v) is 4.14. The average Bonchev–Trinajstić information content (AvgIpc) is 2.29. The zero-order valence-corrected chi connectivity index (χ0v) is 9.96. The van der Waals surface area contributed by atoms with Gasteiger partial charge in [-0.15, -0.1) is 0 Å². The smallest absolute Gasteiger partial charge is 0.320 e. The van der Waals surface area contributed by atoms with Gasteiger partial charge in [0.15, 0.2) is 0 Å². The van der Waals surface area contributed by atoms with Crippen molar-refractivity contribution in [3.8, 4) is 0 Å². The van der Waals surface area contributed by atoms with Crippen molar-refractivity contribution in [1.82, 2.24) is 9.80 Å². The first-order valence-electron chi connectivity index (χ1n) is 5.72. The molecule has 0 bridgehead atoms. The SMILES string of the molecule is CC(=O)N1CCN(C(CCC=O)C(=O)O)CC1. The van der Waals surface area contributed by atoms with Gasteiger partial charge in [0.25, 0.3) is 0 Å². The van der Waals surface area contributed by atoms with E-state index in [1.54, 1.807) is 4.90 Å². The number of nitrogens with zero attached hydrogens (tertiary/aromatic N) is 2. The first kappa shape index (κ1) is 13.6. The highest BCUT2D eigenvalue weighted by atomic mass is 16.4. The van der Waals surface area contributed by atoms with Crippen LogP contribution in [0.4, 0.5) is 0 Å². The molecule has 0 spiro atoms. The molecule has 1 N–H and O–H groups in total. The van der Waals surface area contributed by atoms with Crippen molar-refractivity contribution < 1.29 is 19.5 Å². The summed E-state index contributed by atoms with van der Waals surface area (Å²) in [5, 5.41) is 9.09.